The van der Waals surface area contributed by atoms with Crippen LogP contribution in [0.25, 0.3) is 4.98 Å². The summed E-state index contributed by atoms with van der Waals surface area (Å²) in [5.74, 6) is 3.82. The van der Waals surface area contributed by atoms with Gasteiger partial charge in [-0.05, 0) is 42.1 Å². The van der Waals surface area contributed by atoms with Gasteiger partial charge in [-0.25, -0.2) is 0 Å². The van der Waals surface area contributed by atoms with E-state index in [1.54, 1.807) is 0 Å². The van der Waals surface area contributed by atoms with Crippen molar-refractivity contribution in [3.63, 3.8) is 0 Å². The summed E-state index contributed by atoms with van der Waals surface area (Å²) >= 11 is 2.41. The number of fused-ring (bicyclic) bond motifs is 3. The van der Waals surface area contributed by atoms with Crippen LogP contribution in [0.2, 0.25) is 18.6 Å². The maximum Gasteiger partial charge on any atom is 4.00 e. The first-order valence-corrected chi connectivity index (χ1v) is 13.5. The monoisotopic (exact) mass is 431 g/mol. The molecule has 3 aliphatic rings. The second kappa shape index (κ2) is 10.3. The van der Waals surface area contributed by atoms with Gasteiger partial charge >= 0.3 is 21.7 Å². The molecule has 7 atom stereocenters. The van der Waals surface area contributed by atoms with Gasteiger partial charge < -0.3 is 27.3 Å². The van der Waals surface area contributed by atoms with Gasteiger partial charge in [-0.2, -0.15) is 11.8 Å². The predicted octanol–water partition coefficient (Wildman–Crippen LogP) is 7.66. The molecule has 0 spiro atoms. The summed E-state index contributed by atoms with van der Waals surface area (Å²) in [6.07, 6.45) is 5.98. The summed E-state index contributed by atoms with van der Waals surface area (Å²) in [5, 5.41) is 1.91. The first-order valence-electron chi connectivity index (χ1n) is 9.51. The SMILES string of the molecule is CC1C(C)C([Si](C)(C)[N-]C(C)(C)C)C2SC3CCCCC3C12.[CH3-].[CH3-].[CH3-].[Ti+4]. The Morgan fingerprint density at radius 1 is 0.923 bits per heavy atom. The zero-order valence-electron chi connectivity index (χ0n) is 19.2. The van der Waals surface area contributed by atoms with Gasteiger partial charge in [-0.1, -0.05) is 68.8 Å². The predicted molar refractivity (Wildman–Crippen MR) is 123 cm³/mol. The molecule has 1 heterocycles. The van der Waals surface area contributed by atoms with E-state index in [4.69, 9.17) is 4.98 Å². The van der Waals surface area contributed by atoms with Gasteiger partial charge in [0.25, 0.3) is 0 Å². The van der Waals surface area contributed by atoms with Crippen LogP contribution in [0.3, 0.4) is 0 Å². The van der Waals surface area contributed by atoms with Gasteiger partial charge in [-0.15, -0.1) is 5.54 Å². The van der Waals surface area contributed by atoms with E-state index in [1.165, 1.54) is 25.7 Å². The number of thioether (sulfide) groups is 1. The Bertz CT molecular complexity index is 423. The maximum atomic E-state index is 5.41. The number of nitrogens with zero attached hydrogens (tertiary/aromatic N) is 1. The Hall–Kier alpha value is 1.24. The molecule has 2 saturated carbocycles. The maximum absolute atomic E-state index is 5.41. The third kappa shape index (κ3) is 5.43. The fraction of sp³-hybridized carbons (Fsp3) is 0.864. The minimum Gasteiger partial charge on any atom is -0.660 e. The summed E-state index contributed by atoms with van der Waals surface area (Å²) in [6.45, 7) is 17.1. The fourth-order valence-electron chi connectivity index (χ4n) is 6.25. The van der Waals surface area contributed by atoms with Crippen molar-refractivity contribution in [3.05, 3.63) is 27.3 Å². The first-order chi connectivity index (χ1) is 10.1. The van der Waals surface area contributed by atoms with E-state index in [1.807, 2.05) is 0 Å². The van der Waals surface area contributed by atoms with Crippen LogP contribution in [0.15, 0.2) is 0 Å². The normalized spacial score (nSPS) is 38.7. The minimum absolute atomic E-state index is 0. The molecular weight excluding hydrogens is 386 g/mol. The minimum atomic E-state index is -1.56. The third-order valence-electron chi connectivity index (χ3n) is 6.76. The number of hydrogen-bond donors (Lipinski definition) is 0. The second-order valence-electron chi connectivity index (χ2n) is 9.85. The Labute approximate surface area is 187 Å². The van der Waals surface area contributed by atoms with Gasteiger partial charge in [-0.3, -0.25) is 0 Å². The summed E-state index contributed by atoms with van der Waals surface area (Å²) in [4.78, 5) is 5.41. The Morgan fingerprint density at radius 2 is 1.46 bits per heavy atom. The molecule has 0 bridgehead atoms. The van der Waals surface area contributed by atoms with Crippen molar-refractivity contribution in [2.24, 2.45) is 23.7 Å². The molecule has 3 rings (SSSR count). The number of hydrogen-bond acceptors (Lipinski definition) is 1. The van der Waals surface area contributed by atoms with Crippen LogP contribution in [0.1, 0.15) is 60.3 Å². The Morgan fingerprint density at radius 3 is 2.00 bits per heavy atom. The van der Waals surface area contributed by atoms with E-state index < -0.39 is 8.24 Å². The van der Waals surface area contributed by atoms with Crippen molar-refractivity contribution in [2.75, 3.05) is 0 Å². The largest absolute Gasteiger partial charge is 4.00 e. The zero-order chi connectivity index (χ0) is 16.3. The summed E-state index contributed by atoms with van der Waals surface area (Å²) < 4.78 is 0. The van der Waals surface area contributed by atoms with Crippen molar-refractivity contribution in [3.8, 4) is 0 Å². The topological polar surface area (TPSA) is 14.1 Å². The van der Waals surface area contributed by atoms with Gasteiger partial charge in [0, 0.05) is 10.5 Å². The molecule has 0 aromatic heterocycles. The van der Waals surface area contributed by atoms with E-state index in [2.05, 4.69) is 59.5 Å². The molecule has 26 heavy (non-hydrogen) atoms. The average molecular weight is 432 g/mol. The summed E-state index contributed by atoms with van der Waals surface area (Å²) in [6, 6.07) is 0. The molecule has 0 aromatic carbocycles. The van der Waals surface area contributed by atoms with E-state index in [-0.39, 0.29) is 49.5 Å². The van der Waals surface area contributed by atoms with E-state index in [0.29, 0.717) is 0 Å². The average Bonchev–Trinajstić information content (AvgIpc) is 2.83. The molecule has 0 aromatic rings. The molecule has 1 saturated heterocycles. The van der Waals surface area contributed by atoms with Crippen molar-refractivity contribution in [2.45, 2.75) is 95.0 Å². The summed E-state index contributed by atoms with van der Waals surface area (Å²) in [5.41, 5.74) is 1.02. The molecule has 3 fully saturated rings. The van der Waals surface area contributed by atoms with E-state index in [0.717, 1.165) is 39.7 Å². The van der Waals surface area contributed by atoms with Gasteiger partial charge in [0.05, 0.1) is 0 Å². The van der Waals surface area contributed by atoms with Crippen molar-refractivity contribution in [1.82, 2.24) is 0 Å². The van der Waals surface area contributed by atoms with Crippen LogP contribution >= 0.6 is 11.8 Å². The molecule has 0 amide bonds. The van der Waals surface area contributed by atoms with E-state index >= 15 is 0 Å². The van der Waals surface area contributed by atoms with Crippen molar-refractivity contribution in [1.29, 1.82) is 0 Å². The Balaban J connectivity index is 0. The molecule has 1 aliphatic heterocycles. The number of rotatable bonds is 2. The van der Waals surface area contributed by atoms with Crippen molar-refractivity contribution >= 4 is 20.0 Å². The Kier molecular flexibility index (Phi) is 11.7. The molecule has 152 valence electrons. The van der Waals surface area contributed by atoms with Crippen LogP contribution in [0.5, 0.6) is 0 Å². The smallest absolute Gasteiger partial charge is 0.660 e. The van der Waals surface area contributed by atoms with Gasteiger partial charge in [0.15, 0.2) is 0 Å². The van der Waals surface area contributed by atoms with Gasteiger partial charge in [0.1, 0.15) is 0 Å². The molecule has 0 radical (unpaired) electrons. The quantitative estimate of drug-likeness (QED) is 0.323. The van der Waals surface area contributed by atoms with E-state index in [9.17, 15) is 0 Å². The standard InChI is InChI=1S/C19H36NSSi.3CH3.Ti/c1-12-13(2)18(22(6,7)20-19(3,4)5)17-16(12)14-10-8-9-11-15(14)21-17;;;;/h12-18H,8-11H2,1-7H3;3*1H3;/q4*-1;+4. The molecule has 1 nitrogen and oxygen atoms in total. The summed E-state index contributed by atoms with van der Waals surface area (Å²) in [7, 11) is -1.56. The second-order valence-corrected chi connectivity index (χ2v) is 15.5. The zero-order valence-corrected chi connectivity index (χ0v) is 22.6. The fourth-order valence-corrected chi connectivity index (χ4v) is 14.2. The van der Waals surface area contributed by atoms with Crippen LogP contribution in [-0.4, -0.2) is 24.3 Å². The van der Waals surface area contributed by atoms with Crippen LogP contribution in [0.4, 0.5) is 0 Å². The van der Waals surface area contributed by atoms with Gasteiger partial charge in [0.2, 0.25) is 0 Å². The molecule has 0 N–H and O–H groups in total. The first kappa shape index (κ1) is 29.4. The van der Waals surface area contributed by atoms with Crippen LogP contribution < -0.4 is 0 Å². The van der Waals surface area contributed by atoms with Crippen molar-refractivity contribution < 1.29 is 21.7 Å². The molecule has 4 heteroatoms. The third-order valence-corrected chi connectivity index (χ3v) is 12.6. The molecular formula is C22H45NSSiTi. The molecule has 2 aliphatic carbocycles. The molecule has 7 unspecified atom stereocenters. The van der Waals surface area contributed by atoms with Crippen LogP contribution in [0, 0.1) is 46.0 Å². The van der Waals surface area contributed by atoms with Crippen LogP contribution in [-0.2, 0) is 21.7 Å².